The summed E-state index contributed by atoms with van der Waals surface area (Å²) >= 11 is 0. The van der Waals surface area contributed by atoms with E-state index in [9.17, 15) is 14.7 Å². The van der Waals surface area contributed by atoms with Crippen LogP contribution in [-0.4, -0.2) is 16.7 Å². The van der Waals surface area contributed by atoms with E-state index >= 15 is 0 Å². The van der Waals surface area contributed by atoms with Crippen molar-refractivity contribution in [3.63, 3.8) is 0 Å². The number of carbonyl (C=O) groups is 2. The van der Waals surface area contributed by atoms with E-state index in [0.29, 0.717) is 5.56 Å². The molecule has 2 bridgehead atoms. The summed E-state index contributed by atoms with van der Waals surface area (Å²) in [6.45, 7) is 0. The van der Waals surface area contributed by atoms with Gasteiger partial charge in [-0.05, 0) is 30.7 Å². The molecule has 0 spiro atoms. The zero-order valence-corrected chi connectivity index (χ0v) is 10.4. The normalized spacial score (nSPS) is 35.2. The van der Waals surface area contributed by atoms with E-state index in [1.54, 1.807) is 12.1 Å². The molecular formula is C16H14O3. The monoisotopic (exact) mass is 254 g/mol. The van der Waals surface area contributed by atoms with Gasteiger partial charge in [0.25, 0.3) is 0 Å². The number of phenolic OH excluding ortho intramolecular Hbond substituents is 1. The Hall–Kier alpha value is -1.90. The zero-order chi connectivity index (χ0) is 13.1. The van der Waals surface area contributed by atoms with Crippen LogP contribution in [0, 0.1) is 23.7 Å². The Bertz CT molecular complexity index is 629. The molecule has 4 aliphatic carbocycles. The van der Waals surface area contributed by atoms with Crippen molar-refractivity contribution < 1.29 is 14.7 Å². The van der Waals surface area contributed by atoms with Crippen LogP contribution >= 0.6 is 0 Å². The Morgan fingerprint density at radius 2 is 1.58 bits per heavy atom. The SMILES string of the molecule is O=C1c2cccc(O)c2C(=O)C2C1[C@@H]1C=C[C@H]2CC1. The Morgan fingerprint density at radius 1 is 0.947 bits per heavy atom. The second-order valence-electron chi connectivity index (χ2n) is 5.77. The fourth-order valence-electron chi connectivity index (χ4n) is 4.06. The van der Waals surface area contributed by atoms with Crippen LogP contribution in [0.3, 0.4) is 0 Å². The van der Waals surface area contributed by atoms with E-state index in [4.69, 9.17) is 0 Å². The average molecular weight is 254 g/mol. The van der Waals surface area contributed by atoms with Crippen molar-refractivity contribution in [2.24, 2.45) is 23.7 Å². The molecule has 0 saturated heterocycles. The quantitative estimate of drug-likeness (QED) is 0.724. The van der Waals surface area contributed by atoms with Gasteiger partial charge in [-0.25, -0.2) is 0 Å². The Labute approximate surface area is 110 Å². The maximum Gasteiger partial charge on any atom is 0.171 e. The van der Waals surface area contributed by atoms with Gasteiger partial charge < -0.3 is 5.11 Å². The third kappa shape index (κ3) is 1.28. The number of carbonyl (C=O) groups excluding carboxylic acids is 2. The molecule has 1 N–H and O–H groups in total. The van der Waals surface area contributed by atoms with Crippen LogP contribution in [-0.2, 0) is 0 Å². The van der Waals surface area contributed by atoms with Crippen molar-refractivity contribution in [1.82, 2.24) is 0 Å². The molecule has 3 nitrogen and oxygen atoms in total. The number of hydrogen-bond donors (Lipinski definition) is 1. The highest BCUT2D eigenvalue weighted by molar-refractivity contribution is 6.17. The van der Waals surface area contributed by atoms with Crippen LogP contribution in [0.25, 0.3) is 0 Å². The number of phenols is 1. The fraction of sp³-hybridized carbons (Fsp3) is 0.375. The number of fused-ring (bicyclic) bond motifs is 2. The molecule has 2 unspecified atom stereocenters. The smallest absolute Gasteiger partial charge is 0.171 e. The van der Waals surface area contributed by atoms with Crippen LogP contribution in [0.5, 0.6) is 5.75 Å². The second kappa shape index (κ2) is 3.56. The van der Waals surface area contributed by atoms with Crippen LogP contribution in [0.2, 0.25) is 0 Å². The molecule has 5 rings (SSSR count). The van der Waals surface area contributed by atoms with Gasteiger partial charge in [0.1, 0.15) is 5.75 Å². The lowest BCUT2D eigenvalue weighted by atomic mass is 9.56. The van der Waals surface area contributed by atoms with Crippen LogP contribution in [0.15, 0.2) is 30.4 Å². The van der Waals surface area contributed by atoms with E-state index in [2.05, 4.69) is 12.2 Å². The lowest BCUT2D eigenvalue weighted by Crippen LogP contribution is -2.48. The minimum atomic E-state index is -0.253. The van der Waals surface area contributed by atoms with Gasteiger partial charge in [0.15, 0.2) is 11.6 Å². The topological polar surface area (TPSA) is 54.4 Å². The maximum atomic E-state index is 12.7. The number of aromatic hydroxyl groups is 1. The third-order valence-electron chi connectivity index (χ3n) is 4.91. The molecule has 0 radical (unpaired) electrons. The molecule has 19 heavy (non-hydrogen) atoms. The van der Waals surface area contributed by atoms with Crippen LogP contribution in [0.1, 0.15) is 33.6 Å². The molecule has 0 aromatic heterocycles. The number of rotatable bonds is 0. The molecule has 0 aliphatic heterocycles. The third-order valence-corrected chi connectivity index (χ3v) is 4.91. The van der Waals surface area contributed by atoms with Crippen molar-refractivity contribution in [1.29, 1.82) is 0 Å². The molecule has 96 valence electrons. The number of ketones is 2. The first-order valence-corrected chi connectivity index (χ1v) is 6.77. The Kier molecular flexibility index (Phi) is 2.06. The highest BCUT2D eigenvalue weighted by Gasteiger charge is 2.52. The molecule has 0 heterocycles. The van der Waals surface area contributed by atoms with E-state index in [0.717, 1.165) is 12.8 Å². The van der Waals surface area contributed by atoms with Gasteiger partial charge in [-0.2, -0.15) is 0 Å². The van der Waals surface area contributed by atoms with Crippen molar-refractivity contribution in [2.45, 2.75) is 12.8 Å². The summed E-state index contributed by atoms with van der Waals surface area (Å²) in [6, 6.07) is 4.79. The van der Waals surface area contributed by atoms with Gasteiger partial charge in [0.2, 0.25) is 0 Å². The van der Waals surface area contributed by atoms with E-state index < -0.39 is 0 Å². The van der Waals surface area contributed by atoms with Gasteiger partial charge in [-0.15, -0.1) is 0 Å². The van der Waals surface area contributed by atoms with Crippen molar-refractivity contribution >= 4 is 11.6 Å². The number of benzene rings is 1. The van der Waals surface area contributed by atoms with Crippen molar-refractivity contribution in [3.05, 3.63) is 41.5 Å². The van der Waals surface area contributed by atoms with Gasteiger partial charge in [-0.1, -0.05) is 24.3 Å². The molecule has 3 heteroatoms. The van der Waals surface area contributed by atoms with Crippen molar-refractivity contribution in [2.75, 3.05) is 0 Å². The molecule has 1 aromatic carbocycles. The van der Waals surface area contributed by atoms with E-state index in [-0.39, 0.29) is 46.6 Å². The van der Waals surface area contributed by atoms with E-state index in [1.807, 2.05) is 0 Å². The highest BCUT2D eigenvalue weighted by Crippen LogP contribution is 2.50. The lowest BCUT2D eigenvalue weighted by molar-refractivity contribution is 0.0517. The molecule has 4 aliphatic rings. The predicted molar refractivity (Wildman–Crippen MR) is 69.1 cm³/mol. The largest absolute Gasteiger partial charge is 0.507 e. The predicted octanol–water partition coefficient (Wildman–Crippen LogP) is 2.60. The minimum absolute atomic E-state index is 0.0366. The van der Waals surface area contributed by atoms with Crippen LogP contribution < -0.4 is 0 Å². The Balaban J connectivity index is 1.95. The average Bonchev–Trinajstić information content (AvgIpc) is 2.45. The summed E-state index contributed by atoms with van der Waals surface area (Å²) in [5.74, 6) is -0.158. The summed E-state index contributed by atoms with van der Waals surface area (Å²) in [5.41, 5.74) is 0.655. The highest BCUT2D eigenvalue weighted by atomic mass is 16.3. The van der Waals surface area contributed by atoms with Crippen molar-refractivity contribution in [3.8, 4) is 5.75 Å². The van der Waals surface area contributed by atoms with E-state index in [1.165, 1.54) is 6.07 Å². The first-order valence-electron chi connectivity index (χ1n) is 6.77. The number of Topliss-reactive ketones (excluding diaryl/α,β-unsaturated/α-hetero) is 2. The zero-order valence-electron chi connectivity index (χ0n) is 10.4. The molecule has 0 amide bonds. The summed E-state index contributed by atoms with van der Waals surface area (Å²) in [7, 11) is 0. The Morgan fingerprint density at radius 3 is 2.21 bits per heavy atom. The first-order chi connectivity index (χ1) is 9.18. The summed E-state index contributed by atoms with van der Waals surface area (Å²) in [5, 5.41) is 9.91. The van der Waals surface area contributed by atoms with Gasteiger partial charge in [0.05, 0.1) is 5.56 Å². The van der Waals surface area contributed by atoms with Gasteiger partial charge in [0, 0.05) is 17.4 Å². The minimum Gasteiger partial charge on any atom is -0.507 e. The molecule has 1 saturated carbocycles. The summed E-state index contributed by atoms with van der Waals surface area (Å²) in [4.78, 5) is 25.3. The second-order valence-corrected chi connectivity index (χ2v) is 5.77. The number of hydrogen-bond acceptors (Lipinski definition) is 3. The summed E-state index contributed by atoms with van der Waals surface area (Å²) in [6.07, 6.45) is 6.17. The lowest BCUT2D eigenvalue weighted by Gasteiger charge is -2.45. The molecule has 1 aromatic rings. The first kappa shape index (κ1) is 11.0. The maximum absolute atomic E-state index is 12.7. The molecule has 4 atom stereocenters. The fourth-order valence-corrected chi connectivity index (χ4v) is 4.06. The van der Waals surface area contributed by atoms with Gasteiger partial charge >= 0.3 is 0 Å². The summed E-state index contributed by atoms with van der Waals surface area (Å²) < 4.78 is 0. The van der Waals surface area contributed by atoms with Gasteiger partial charge in [-0.3, -0.25) is 9.59 Å². The molecule has 1 fully saturated rings. The number of allylic oxidation sites excluding steroid dienone is 2. The standard InChI is InChI=1S/C16H14O3/c17-11-3-1-2-10-14(11)16(19)13-9-6-4-8(5-7-9)12(13)15(10)18/h1-4,6,8-9,12-13,17H,5,7H2/t8-,9+,12?,13?/m1/s1. The molecular weight excluding hydrogens is 240 g/mol. The van der Waals surface area contributed by atoms with Crippen LogP contribution in [0.4, 0.5) is 0 Å².